The number of hydrogen-bond donors (Lipinski definition) is 1. The molecule has 19 heavy (non-hydrogen) atoms. The lowest BCUT2D eigenvalue weighted by molar-refractivity contribution is 0.195. The fourth-order valence-corrected chi connectivity index (χ4v) is 2.66. The van der Waals surface area contributed by atoms with Gasteiger partial charge in [-0.3, -0.25) is 4.90 Å². The van der Waals surface area contributed by atoms with Crippen LogP contribution in [0.1, 0.15) is 25.3 Å². The van der Waals surface area contributed by atoms with Crippen LogP contribution in [0.3, 0.4) is 0 Å². The first-order chi connectivity index (χ1) is 9.31. The predicted molar refractivity (Wildman–Crippen MR) is 77.4 cm³/mol. The number of nitrogens with zero attached hydrogens (tertiary/aromatic N) is 1. The van der Waals surface area contributed by atoms with E-state index in [4.69, 9.17) is 4.74 Å². The lowest BCUT2D eigenvalue weighted by Crippen LogP contribution is -2.48. The van der Waals surface area contributed by atoms with Crippen LogP contribution < -0.4 is 10.1 Å². The highest BCUT2D eigenvalue weighted by molar-refractivity contribution is 5.33. The summed E-state index contributed by atoms with van der Waals surface area (Å²) in [7, 11) is 0. The molecular formula is C16H24N2O. The fraction of sp³-hybridized carbons (Fsp3) is 0.625. The Labute approximate surface area is 115 Å². The lowest BCUT2D eigenvalue weighted by atomic mass is 10.1. The third-order valence-electron chi connectivity index (χ3n) is 3.99. The molecular weight excluding hydrogens is 236 g/mol. The minimum atomic E-state index is 0.591. The van der Waals surface area contributed by atoms with Gasteiger partial charge < -0.3 is 10.1 Å². The molecule has 3 heteroatoms. The van der Waals surface area contributed by atoms with Gasteiger partial charge in [-0.15, -0.1) is 0 Å². The van der Waals surface area contributed by atoms with Crippen LogP contribution >= 0.6 is 0 Å². The third-order valence-corrected chi connectivity index (χ3v) is 3.99. The number of ether oxygens (including phenoxy) is 1. The summed E-state index contributed by atoms with van der Waals surface area (Å²) >= 11 is 0. The summed E-state index contributed by atoms with van der Waals surface area (Å²) in [5.41, 5.74) is 1.33. The Kier molecular flexibility index (Phi) is 4.04. The molecule has 2 fully saturated rings. The summed E-state index contributed by atoms with van der Waals surface area (Å²) in [5.74, 6) is 1.90. The van der Waals surface area contributed by atoms with E-state index in [1.165, 1.54) is 18.4 Å². The molecule has 3 rings (SSSR count). The van der Waals surface area contributed by atoms with Gasteiger partial charge in [0, 0.05) is 37.8 Å². The Bertz CT molecular complexity index is 417. The first-order valence-corrected chi connectivity index (χ1v) is 7.47. The standard InChI is InChI=1S/C16H24N2O/c1-13-10-18(9-8-17-13)11-15-4-2-3-5-16(15)19-12-14-6-7-14/h2-5,13-14,17H,6-12H2,1H3/t13-/m0/s1. The third kappa shape index (κ3) is 3.71. The van der Waals surface area contributed by atoms with E-state index in [0.717, 1.165) is 44.5 Å². The van der Waals surface area contributed by atoms with Crippen LogP contribution in [0.25, 0.3) is 0 Å². The number of piperazine rings is 1. The molecule has 1 atom stereocenters. The zero-order chi connectivity index (χ0) is 13.1. The van der Waals surface area contributed by atoms with Crippen molar-refractivity contribution in [3.8, 4) is 5.75 Å². The van der Waals surface area contributed by atoms with Crippen molar-refractivity contribution < 1.29 is 4.74 Å². The zero-order valence-electron chi connectivity index (χ0n) is 11.8. The van der Waals surface area contributed by atoms with Crippen LogP contribution in [0.4, 0.5) is 0 Å². The Morgan fingerprint density at radius 1 is 1.32 bits per heavy atom. The Morgan fingerprint density at radius 3 is 2.95 bits per heavy atom. The first-order valence-electron chi connectivity index (χ1n) is 7.47. The lowest BCUT2D eigenvalue weighted by Gasteiger charge is -2.32. The predicted octanol–water partition coefficient (Wildman–Crippen LogP) is 2.27. The van der Waals surface area contributed by atoms with E-state index in [-0.39, 0.29) is 0 Å². The molecule has 1 aromatic carbocycles. The van der Waals surface area contributed by atoms with Crippen molar-refractivity contribution in [2.24, 2.45) is 5.92 Å². The molecule has 2 aliphatic rings. The largest absolute Gasteiger partial charge is 0.493 e. The van der Waals surface area contributed by atoms with Gasteiger partial charge in [0.2, 0.25) is 0 Å². The van der Waals surface area contributed by atoms with E-state index >= 15 is 0 Å². The van der Waals surface area contributed by atoms with Crippen molar-refractivity contribution in [3.63, 3.8) is 0 Å². The molecule has 1 aromatic rings. The summed E-state index contributed by atoms with van der Waals surface area (Å²) in [6.07, 6.45) is 2.69. The Hall–Kier alpha value is -1.06. The molecule has 0 spiro atoms. The molecule has 1 aliphatic carbocycles. The van der Waals surface area contributed by atoms with Crippen LogP contribution in [0.15, 0.2) is 24.3 Å². The second-order valence-corrected chi connectivity index (χ2v) is 5.95. The number of para-hydroxylation sites is 1. The number of hydrogen-bond acceptors (Lipinski definition) is 3. The molecule has 1 aliphatic heterocycles. The van der Waals surface area contributed by atoms with Gasteiger partial charge in [-0.2, -0.15) is 0 Å². The number of benzene rings is 1. The average Bonchev–Trinajstić information content (AvgIpc) is 3.22. The molecule has 0 aromatic heterocycles. The second kappa shape index (κ2) is 5.93. The topological polar surface area (TPSA) is 24.5 Å². The van der Waals surface area contributed by atoms with E-state index in [1.54, 1.807) is 0 Å². The van der Waals surface area contributed by atoms with Gasteiger partial charge in [0.1, 0.15) is 5.75 Å². The fourth-order valence-electron chi connectivity index (χ4n) is 2.66. The van der Waals surface area contributed by atoms with Gasteiger partial charge in [0.25, 0.3) is 0 Å². The highest BCUT2D eigenvalue weighted by Crippen LogP contribution is 2.30. The Balaban J connectivity index is 1.61. The maximum atomic E-state index is 5.99. The van der Waals surface area contributed by atoms with Crippen molar-refractivity contribution in [1.82, 2.24) is 10.2 Å². The zero-order valence-corrected chi connectivity index (χ0v) is 11.8. The van der Waals surface area contributed by atoms with Crippen molar-refractivity contribution >= 4 is 0 Å². The van der Waals surface area contributed by atoms with Crippen molar-refractivity contribution in [2.45, 2.75) is 32.4 Å². The van der Waals surface area contributed by atoms with Gasteiger partial charge in [0.15, 0.2) is 0 Å². The van der Waals surface area contributed by atoms with E-state index < -0.39 is 0 Å². The second-order valence-electron chi connectivity index (χ2n) is 5.95. The molecule has 0 unspecified atom stereocenters. The molecule has 3 nitrogen and oxygen atoms in total. The van der Waals surface area contributed by atoms with Crippen molar-refractivity contribution in [1.29, 1.82) is 0 Å². The summed E-state index contributed by atoms with van der Waals surface area (Å²) in [6.45, 7) is 7.49. The molecule has 0 radical (unpaired) electrons. The van der Waals surface area contributed by atoms with Gasteiger partial charge >= 0.3 is 0 Å². The average molecular weight is 260 g/mol. The smallest absolute Gasteiger partial charge is 0.123 e. The molecule has 1 heterocycles. The first kappa shape index (κ1) is 12.9. The van der Waals surface area contributed by atoms with Gasteiger partial charge in [0.05, 0.1) is 6.61 Å². The van der Waals surface area contributed by atoms with E-state index in [0.29, 0.717) is 6.04 Å². The molecule has 104 valence electrons. The highest BCUT2D eigenvalue weighted by Gasteiger charge is 2.22. The van der Waals surface area contributed by atoms with Crippen molar-refractivity contribution in [3.05, 3.63) is 29.8 Å². The number of rotatable bonds is 5. The maximum absolute atomic E-state index is 5.99. The van der Waals surface area contributed by atoms with Gasteiger partial charge in [-0.05, 0) is 31.7 Å². The molecule has 0 bridgehead atoms. The number of nitrogens with one attached hydrogen (secondary N) is 1. The molecule has 1 saturated heterocycles. The van der Waals surface area contributed by atoms with E-state index in [9.17, 15) is 0 Å². The normalized spacial score (nSPS) is 24.4. The monoisotopic (exact) mass is 260 g/mol. The quantitative estimate of drug-likeness (QED) is 0.879. The van der Waals surface area contributed by atoms with Crippen LogP contribution in [-0.4, -0.2) is 37.2 Å². The SMILES string of the molecule is C[C@H]1CN(Cc2ccccc2OCC2CC2)CCN1. The van der Waals surface area contributed by atoms with Gasteiger partial charge in [-0.25, -0.2) is 0 Å². The van der Waals surface area contributed by atoms with E-state index in [2.05, 4.69) is 41.4 Å². The van der Waals surface area contributed by atoms with Crippen molar-refractivity contribution in [2.75, 3.05) is 26.2 Å². The summed E-state index contributed by atoms with van der Waals surface area (Å²) in [5, 5.41) is 3.49. The molecule has 1 saturated carbocycles. The molecule has 1 N–H and O–H groups in total. The van der Waals surface area contributed by atoms with Crippen LogP contribution in [0.2, 0.25) is 0 Å². The van der Waals surface area contributed by atoms with Crippen LogP contribution in [0.5, 0.6) is 5.75 Å². The maximum Gasteiger partial charge on any atom is 0.123 e. The van der Waals surface area contributed by atoms with E-state index in [1.807, 2.05) is 0 Å². The van der Waals surface area contributed by atoms with Crippen LogP contribution in [-0.2, 0) is 6.54 Å². The molecule has 0 amide bonds. The summed E-state index contributed by atoms with van der Waals surface area (Å²) < 4.78 is 5.99. The highest BCUT2D eigenvalue weighted by atomic mass is 16.5. The van der Waals surface area contributed by atoms with Crippen LogP contribution in [0, 0.1) is 5.92 Å². The minimum Gasteiger partial charge on any atom is -0.493 e. The minimum absolute atomic E-state index is 0.591. The van der Waals surface area contributed by atoms with Gasteiger partial charge in [-0.1, -0.05) is 18.2 Å². The Morgan fingerprint density at radius 2 is 2.16 bits per heavy atom. The summed E-state index contributed by atoms with van der Waals surface area (Å²) in [4.78, 5) is 2.51. The summed E-state index contributed by atoms with van der Waals surface area (Å²) in [6, 6.07) is 9.10.